The largest absolute Gasteiger partial charge is 0.360 e. The lowest BCUT2D eigenvalue weighted by atomic mass is 10.3. The average molecular weight is 380 g/mol. The van der Waals surface area contributed by atoms with Gasteiger partial charge in [0.05, 0.1) is 17.3 Å². The second-order valence-corrected chi connectivity index (χ2v) is 6.86. The molecule has 0 unspecified atom stereocenters. The standard InChI is InChI=1S/C18H16N6O2S/c1-12-9-15(23-26-12)22-16(25)7-8-27-18-14-10-21-24(17(14)19-11-20-18)13-5-3-2-4-6-13/h2-6,9-11H,7-8H2,1H3,(H,22,23,25). The Morgan fingerprint density at radius 3 is 2.89 bits per heavy atom. The molecular formula is C18H16N6O2S. The van der Waals surface area contributed by atoms with E-state index in [1.165, 1.54) is 18.1 Å². The predicted octanol–water partition coefficient (Wildman–Crippen LogP) is 3.23. The summed E-state index contributed by atoms with van der Waals surface area (Å²) in [5.41, 5.74) is 1.67. The summed E-state index contributed by atoms with van der Waals surface area (Å²) in [5.74, 6) is 1.53. The number of carbonyl (C=O) groups is 1. The first-order valence-electron chi connectivity index (χ1n) is 8.31. The van der Waals surface area contributed by atoms with Crippen molar-refractivity contribution in [3.63, 3.8) is 0 Å². The monoisotopic (exact) mass is 380 g/mol. The van der Waals surface area contributed by atoms with E-state index < -0.39 is 0 Å². The number of nitrogens with one attached hydrogen (secondary N) is 1. The lowest BCUT2D eigenvalue weighted by Crippen LogP contribution is -2.12. The molecule has 136 valence electrons. The molecule has 0 spiro atoms. The number of thioether (sulfide) groups is 1. The maximum atomic E-state index is 12.0. The Bertz CT molecular complexity index is 1080. The van der Waals surface area contributed by atoms with E-state index in [0.29, 0.717) is 23.8 Å². The topological polar surface area (TPSA) is 98.7 Å². The summed E-state index contributed by atoms with van der Waals surface area (Å²) in [5, 5.41) is 12.5. The number of aryl methyl sites for hydroxylation is 1. The first-order chi connectivity index (χ1) is 13.2. The zero-order valence-corrected chi connectivity index (χ0v) is 15.3. The fourth-order valence-electron chi connectivity index (χ4n) is 2.57. The summed E-state index contributed by atoms with van der Waals surface area (Å²) >= 11 is 1.49. The van der Waals surface area contributed by atoms with Gasteiger partial charge in [-0.05, 0) is 19.1 Å². The maximum absolute atomic E-state index is 12.0. The van der Waals surface area contributed by atoms with Crippen molar-refractivity contribution in [1.82, 2.24) is 24.9 Å². The summed E-state index contributed by atoms with van der Waals surface area (Å²) in [4.78, 5) is 20.7. The first-order valence-corrected chi connectivity index (χ1v) is 9.29. The smallest absolute Gasteiger partial charge is 0.226 e. The van der Waals surface area contributed by atoms with Crippen molar-refractivity contribution in [1.29, 1.82) is 0 Å². The molecule has 1 N–H and O–H groups in total. The lowest BCUT2D eigenvalue weighted by Gasteiger charge is -2.04. The third-order valence-corrected chi connectivity index (χ3v) is 4.80. The highest BCUT2D eigenvalue weighted by Crippen LogP contribution is 2.26. The Labute approximate surface area is 159 Å². The number of amides is 1. The average Bonchev–Trinajstić information content (AvgIpc) is 3.29. The van der Waals surface area contributed by atoms with Gasteiger partial charge >= 0.3 is 0 Å². The third-order valence-electron chi connectivity index (χ3n) is 3.79. The molecule has 0 bridgehead atoms. The number of benzene rings is 1. The van der Waals surface area contributed by atoms with E-state index in [2.05, 4.69) is 25.5 Å². The van der Waals surface area contributed by atoms with Crippen molar-refractivity contribution < 1.29 is 9.32 Å². The SMILES string of the molecule is Cc1cc(NC(=O)CCSc2ncnc3c2cnn3-c2ccccc2)no1. The van der Waals surface area contributed by atoms with Crippen LogP contribution < -0.4 is 5.32 Å². The number of rotatable bonds is 6. The zero-order valence-electron chi connectivity index (χ0n) is 14.5. The number of hydrogen-bond acceptors (Lipinski definition) is 7. The minimum atomic E-state index is -0.124. The van der Waals surface area contributed by atoms with Crippen molar-refractivity contribution in [3.8, 4) is 5.69 Å². The van der Waals surface area contributed by atoms with Crippen molar-refractivity contribution in [2.45, 2.75) is 18.4 Å². The Kier molecular flexibility index (Phi) is 4.84. The van der Waals surface area contributed by atoms with E-state index in [9.17, 15) is 4.79 Å². The first kappa shape index (κ1) is 17.2. The van der Waals surface area contributed by atoms with Crippen LogP contribution in [0.3, 0.4) is 0 Å². The highest BCUT2D eigenvalue weighted by Gasteiger charge is 2.12. The Balaban J connectivity index is 1.43. The molecule has 1 amide bonds. The fraction of sp³-hybridized carbons (Fsp3) is 0.167. The van der Waals surface area contributed by atoms with E-state index in [-0.39, 0.29) is 5.91 Å². The minimum Gasteiger partial charge on any atom is -0.360 e. The molecule has 0 fully saturated rings. The van der Waals surface area contributed by atoms with Crippen LogP contribution in [-0.4, -0.2) is 36.6 Å². The highest BCUT2D eigenvalue weighted by molar-refractivity contribution is 7.99. The normalized spacial score (nSPS) is 11.0. The van der Waals surface area contributed by atoms with Gasteiger partial charge in [0.2, 0.25) is 5.91 Å². The second-order valence-electron chi connectivity index (χ2n) is 5.78. The molecule has 0 saturated carbocycles. The van der Waals surface area contributed by atoms with Gasteiger partial charge in [0.1, 0.15) is 17.1 Å². The van der Waals surface area contributed by atoms with Crippen molar-refractivity contribution in [2.24, 2.45) is 0 Å². The summed E-state index contributed by atoms with van der Waals surface area (Å²) in [7, 11) is 0. The molecule has 0 radical (unpaired) electrons. The van der Waals surface area contributed by atoms with Gasteiger partial charge in [-0.2, -0.15) is 5.10 Å². The summed E-state index contributed by atoms with van der Waals surface area (Å²) in [6.07, 6.45) is 3.60. The van der Waals surface area contributed by atoms with Crippen LogP contribution in [0.25, 0.3) is 16.7 Å². The van der Waals surface area contributed by atoms with Gasteiger partial charge in [0.25, 0.3) is 0 Å². The molecule has 4 rings (SSSR count). The van der Waals surface area contributed by atoms with Crippen LogP contribution in [0.4, 0.5) is 5.82 Å². The number of aromatic nitrogens is 5. The van der Waals surface area contributed by atoms with Crippen LogP contribution in [0.15, 0.2) is 58.5 Å². The molecule has 0 aliphatic rings. The zero-order chi connectivity index (χ0) is 18.6. The predicted molar refractivity (Wildman–Crippen MR) is 102 cm³/mol. The minimum absolute atomic E-state index is 0.124. The number of carbonyl (C=O) groups excluding carboxylic acids is 1. The Morgan fingerprint density at radius 2 is 2.11 bits per heavy atom. The fourth-order valence-corrected chi connectivity index (χ4v) is 3.47. The third kappa shape index (κ3) is 3.82. The molecule has 9 heteroatoms. The van der Waals surface area contributed by atoms with Gasteiger partial charge in [-0.25, -0.2) is 14.6 Å². The number of nitrogens with zero attached hydrogens (tertiary/aromatic N) is 5. The molecule has 0 aliphatic heterocycles. The number of hydrogen-bond donors (Lipinski definition) is 1. The van der Waals surface area contributed by atoms with Gasteiger partial charge in [-0.15, -0.1) is 11.8 Å². The van der Waals surface area contributed by atoms with Gasteiger partial charge in [-0.1, -0.05) is 23.4 Å². The molecule has 27 heavy (non-hydrogen) atoms. The molecular weight excluding hydrogens is 364 g/mol. The summed E-state index contributed by atoms with van der Waals surface area (Å²) in [6.45, 7) is 1.77. The quantitative estimate of drug-likeness (QED) is 0.405. The second kappa shape index (κ2) is 7.58. The van der Waals surface area contributed by atoms with Crippen LogP contribution in [-0.2, 0) is 4.79 Å². The number of anilines is 1. The van der Waals surface area contributed by atoms with Crippen molar-refractivity contribution >= 4 is 34.5 Å². The number of fused-ring (bicyclic) bond motifs is 1. The van der Waals surface area contributed by atoms with Crippen LogP contribution in [0, 0.1) is 6.92 Å². The highest BCUT2D eigenvalue weighted by atomic mass is 32.2. The van der Waals surface area contributed by atoms with Gasteiger partial charge in [-0.3, -0.25) is 4.79 Å². The van der Waals surface area contributed by atoms with Gasteiger partial charge < -0.3 is 9.84 Å². The molecule has 4 aromatic rings. The molecule has 8 nitrogen and oxygen atoms in total. The van der Waals surface area contributed by atoms with Crippen molar-refractivity contribution in [3.05, 3.63) is 54.7 Å². The summed E-state index contributed by atoms with van der Waals surface area (Å²) < 4.78 is 6.71. The Hall–Kier alpha value is -3.20. The van der Waals surface area contributed by atoms with Crippen LogP contribution in [0.5, 0.6) is 0 Å². The van der Waals surface area contributed by atoms with E-state index in [4.69, 9.17) is 4.52 Å². The van der Waals surface area contributed by atoms with E-state index in [0.717, 1.165) is 21.7 Å². The van der Waals surface area contributed by atoms with Crippen molar-refractivity contribution in [2.75, 3.05) is 11.1 Å². The van der Waals surface area contributed by atoms with E-state index >= 15 is 0 Å². The van der Waals surface area contributed by atoms with Crippen LogP contribution >= 0.6 is 11.8 Å². The molecule has 0 saturated heterocycles. The Morgan fingerprint density at radius 1 is 1.26 bits per heavy atom. The lowest BCUT2D eigenvalue weighted by molar-refractivity contribution is -0.115. The molecule has 3 aromatic heterocycles. The van der Waals surface area contributed by atoms with Gasteiger partial charge in [0, 0.05) is 18.2 Å². The number of para-hydroxylation sites is 1. The van der Waals surface area contributed by atoms with Gasteiger partial charge in [0.15, 0.2) is 11.5 Å². The molecule has 3 heterocycles. The molecule has 0 aliphatic carbocycles. The van der Waals surface area contributed by atoms with E-state index in [1.807, 2.05) is 30.3 Å². The summed E-state index contributed by atoms with van der Waals surface area (Å²) in [6, 6.07) is 11.5. The van der Waals surface area contributed by atoms with Crippen LogP contribution in [0.2, 0.25) is 0 Å². The van der Waals surface area contributed by atoms with E-state index in [1.54, 1.807) is 23.9 Å². The van der Waals surface area contributed by atoms with Crippen LogP contribution in [0.1, 0.15) is 12.2 Å². The molecule has 1 aromatic carbocycles. The maximum Gasteiger partial charge on any atom is 0.226 e. The molecule has 0 atom stereocenters.